The molecule has 0 radical (unpaired) electrons. The first-order valence-electron chi connectivity index (χ1n) is 7.37. The first kappa shape index (κ1) is 15.4. The fraction of sp³-hybridized carbons (Fsp3) is 0.786. The Morgan fingerprint density at radius 3 is 2.80 bits per heavy atom. The summed E-state index contributed by atoms with van der Waals surface area (Å²) >= 11 is 0. The molecule has 0 aliphatic carbocycles. The van der Waals surface area contributed by atoms with E-state index in [0.29, 0.717) is 13.1 Å². The van der Waals surface area contributed by atoms with Crippen LogP contribution in [0.25, 0.3) is 0 Å². The third kappa shape index (κ3) is 5.20. The summed E-state index contributed by atoms with van der Waals surface area (Å²) in [5.41, 5.74) is 0. The molecule has 6 heteroatoms. The molecule has 0 amide bonds. The molecule has 1 aromatic rings. The Balaban J connectivity index is 1.59. The summed E-state index contributed by atoms with van der Waals surface area (Å²) in [4.78, 5) is 2.28. The van der Waals surface area contributed by atoms with Gasteiger partial charge >= 0.3 is 0 Å². The molecule has 0 spiro atoms. The highest BCUT2D eigenvalue weighted by atomic mass is 16.5. The van der Waals surface area contributed by atoms with Crippen molar-refractivity contribution in [3.05, 3.63) is 18.5 Å². The second-order valence-corrected chi connectivity index (χ2v) is 5.60. The molecular formula is C14H26N4O2. The normalized spacial score (nSPS) is 25.8. The zero-order valence-corrected chi connectivity index (χ0v) is 12.4. The smallest absolute Gasteiger partial charge is 0.0791 e. The van der Waals surface area contributed by atoms with Gasteiger partial charge < -0.3 is 15.2 Å². The van der Waals surface area contributed by atoms with Gasteiger partial charge in [0.1, 0.15) is 0 Å². The number of aromatic nitrogens is 2. The van der Waals surface area contributed by atoms with E-state index in [-0.39, 0.29) is 18.3 Å². The largest absolute Gasteiger partial charge is 0.390 e. The highest BCUT2D eigenvalue weighted by molar-refractivity contribution is 4.78. The zero-order chi connectivity index (χ0) is 14.4. The second kappa shape index (κ2) is 7.73. The molecule has 2 heterocycles. The number of ether oxygens (including phenoxy) is 1. The van der Waals surface area contributed by atoms with Gasteiger partial charge in [-0.15, -0.1) is 0 Å². The molecule has 3 atom stereocenters. The van der Waals surface area contributed by atoms with Gasteiger partial charge in [0.2, 0.25) is 0 Å². The van der Waals surface area contributed by atoms with E-state index in [0.717, 1.165) is 26.2 Å². The summed E-state index contributed by atoms with van der Waals surface area (Å²) in [7, 11) is 0. The highest BCUT2D eigenvalue weighted by Gasteiger charge is 2.23. The summed E-state index contributed by atoms with van der Waals surface area (Å²) < 4.78 is 7.57. The van der Waals surface area contributed by atoms with Crippen molar-refractivity contribution in [3.8, 4) is 0 Å². The van der Waals surface area contributed by atoms with Crippen molar-refractivity contribution in [3.63, 3.8) is 0 Å². The van der Waals surface area contributed by atoms with Crippen LogP contribution in [-0.2, 0) is 11.3 Å². The zero-order valence-electron chi connectivity index (χ0n) is 12.4. The number of nitrogens with one attached hydrogen (secondary N) is 1. The van der Waals surface area contributed by atoms with Gasteiger partial charge in [-0.3, -0.25) is 9.58 Å². The summed E-state index contributed by atoms with van der Waals surface area (Å²) in [6, 6.07) is 1.91. The van der Waals surface area contributed by atoms with Crippen LogP contribution in [0.1, 0.15) is 13.8 Å². The van der Waals surface area contributed by atoms with Crippen LogP contribution in [-0.4, -0.2) is 70.8 Å². The van der Waals surface area contributed by atoms with E-state index in [1.165, 1.54) is 0 Å². The maximum absolute atomic E-state index is 10.1. The Morgan fingerprint density at radius 2 is 2.15 bits per heavy atom. The Morgan fingerprint density at radius 1 is 1.40 bits per heavy atom. The van der Waals surface area contributed by atoms with Gasteiger partial charge in [0.25, 0.3) is 0 Å². The molecule has 1 aliphatic heterocycles. The maximum Gasteiger partial charge on any atom is 0.0791 e. The molecule has 0 bridgehead atoms. The van der Waals surface area contributed by atoms with Crippen LogP contribution < -0.4 is 5.32 Å². The third-order valence-electron chi connectivity index (χ3n) is 3.42. The number of β-amino-alcohol motifs (C(OH)–C–C–N with tert-alkyl or cyclic N) is 1. The fourth-order valence-electron chi connectivity index (χ4n) is 2.69. The minimum Gasteiger partial charge on any atom is -0.390 e. The molecule has 1 saturated heterocycles. The Kier molecular flexibility index (Phi) is 5.97. The van der Waals surface area contributed by atoms with Gasteiger partial charge in [-0.05, 0) is 19.9 Å². The average molecular weight is 282 g/mol. The number of rotatable bonds is 7. The van der Waals surface area contributed by atoms with Crippen molar-refractivity contribution in [2.75, 3.05) is 32.7 Å². The number of aliphatic hydroxyl groups excluding tert-OH is 1. The van der Waals surface area contributed by atoms with Gasteiger partial charge in [-0.2, -0.15) is 5.10 Å². The molecule has 1 aliphatic rings. The lowest BCUT2D eigenvalue weighted by atomic mass is 10.2. The predicted octanol–water partition coefficient (Wildman–Crippen LogP) is -0.0572. The van der Waals surface area contributed by atoms with Crippen LogP contribution in [0, 0.1) is 0 Å². The second-order valence-electron chi connectivity index (χ2n) is 5.60. The molecule has 2 rings (SSSR count). The standard InChI is InChI=1S/C14H26N4O2/c1-12-9-17(10-13(2)20-12)11-14(19)8-15-5-7-18-6-3-4-16-18/h3-4,6,12-15,19H,5,7-11H2,1-2H3/t12-,13-,14-/m1/s1. The van der Waals surface area contributed by atoms with E-state index < -0.39 is 0 Å². The number of hydrogen-bond acceptors (Lipinski definition) is 5. The van der Waals surface area contributed by atoms with Gasteiger partial charge in [-0.25, -0.2) is 0 Å². The quantitative estimate of drug-likeness (QED) is 0.686. The van der Waals surface area contributed by atoms with E-state index >= 15 is 0 Å². The SMILES string of the molecule is C[C@@H]1CN(C[C@H](O)CNCCn2cccn2)C[C@@H](C)O1. The lowest BCUT2D eigenvalue weighted by Gasteiger charge is -2.36. The molecule has 1 aromatic heterocycles. The maximum atomic E-state index is 10.1. The van der Waals surface area contributed by atoms with Crippen LogP contribution in [0.2, 0.25) is 0 Å². The summed E-state index contributed by atoms with van der Waals surface area (Å²) in [5, 5.41) is 17.5. The van der Waals surface area contributed by atoms with Crippen LogP contribution in [0.3, 0.4) is 0 Å². The van der Waals surface area contributed by atoms with E-state index in [9.17, 15) is 5.11 Å². The Hall–Kier alpha value is -0.950. The molecule has 20 heavy (non-hydrogen) atoms. The first-order chi connectivity index (χ1) is 9.63. The number of hydrogen-bond donors (Lipinski definition) is 2. The van der Waals surface area contributed by atoms with E-state index in [1.54, 1.807) is 6.20 Å². The van der Waals surface area contributed by atoms with Crippen molar-refractivity contribution in [2.24, 2.45) is 0 Å². The van der Waals surface area contributed by atoms with Crippen molar-refractivity contribution in [1.29, 1.82) is 0 Å². The Bertz CT molecular complexity index is 361. The molecule has 1 fully saturated rings. The summed E-state index contributed by atoms with van der Waals surface area (Å²) in [6.07, 6.45) is 3.87. The fourth-order valence-corrected chi connectivity index (χ4v) is 2.69. The van der Waals surface area contributed by atoms with Gasteiger partial charge in [0.05, 0.1) is 24.9 Å². The third-order valence-corrected chi connectivity index (χ3v) is 3.42. The monoisotopic (exact) mass is 282 g/mol. The summed E-state index contributed by atoms with van der Waals surface area (Å²) in [5.74, 6) is 0. The minimum absolute atomic E-state index is 0.249. The summed E-state index contributed by atoms with van der Waals surface area (Å²) in [6.45, 7) is 8.91. The van der Waals surface area contributed by atoms with Crippen molar-refractivity contribution in [2.45, 2.75) is 38.7 Å². The number of morpholine rings is 1. The minimum atomic E-state index is -0.342. The molecule has 114 valence electrons. The first-order valence-corrected chi connectivity index (χ1v) is 7.37. The lowest BCUT2D eigenvalue weighted by Crippen LogP contribution is -2.49. The van der Waals surface area contributed by atoms with Gasteiger partial charge in [0.15, 0.2) is 0 Å². The van der Waals surface area contributed by atoms with Crippen molar-refractivity contribution >= 4 is 0 Å². The van der Waals surface area contributed by atoms with E-state index in [4.69, 9.17) is 4.74 Å². The van der Waals surface area contributed by atoms with Crippen LogP contribution in [0.15, 0.2) is 18.5 Å². The number of nitrogens with zero attached hydrogens (tertiary/aromatic N) is 3. The molecule has 6 nitrogen and oxygen atoms in total. The predicted molar refractivity (Wildman–Crippen MR) is 77.6 cm³/mol. The molecule has 0 saturated carbocycles. The van der Waals surface area contributed by atoms with E-state index in [2.05, 4.69) is 29.2 Å². The van der Waals surface area contributed by atoms with Gasteiger partial charge in [-0.1, -0.05) is 0 Å². The molecule has 0 aromatic carbocycles. The highest BCUT2D eigenvalue weighted by Crippen LogP contribution is 2.10. The lowest BCUT2D eigenvalue weighted by molar-refractivity contribution is -0.0762. The average Bonchev–Trinajstić information content (AvgIpc) is 2.86. The molecule has 2 N–H and O–H groups in total. The molecular weight excluding hydrogens is 256 g/mol. The van der Waals surface area contributed by atoms with Crippen molar-refractivity contribution < 1.29 is 9.84 Å². The van der Waals surface area contributed by atoms with Crippen LogP contribution >= 0.6 is 0 Å². The van der Waals surface area contributed by atoms with E-state index in [1.807, 2.05) is 16.9 Å². The molecule has 0 unspecified atom stereocenters. The number of aliphatic hydroxyl groups is 1. The van der Waals surface area contributed by atoms with Crippen LogP contribution in [0.5, 0.6) is 0 Å². The topological polar surface area (TPSA) is 62.5 Å². The van der Waals surface area contributed by atoms with Gasteiger partial charge in [0, 0.05) is 45.1 Å². The van der Waals surface area contributed by atoms with Crippen LogP contribution in [0.4, 0.5) is 0 Å². The van der Waals surface area contributed by atoms with Crippen molar-refractivity contribution in [1.82, 2.24) is 20.0 Å². The Labute approximate surface area is 120 Å².